The van der Waals surface area contributed by atoms with Crippen LogP contribution in [0.2, 0.25) is 5.02 Å². The molecule has 0 aliphatic rings. The summed E-state index contributed by atoms with van der Waals surface area (Å²) in [4.78, 5) is 14.4. The van der Waals surface area contributed by atoms with Crippen molar-refractivity contribution in [3.05, 3.63) is 45.2 Å². The molecule has 2 rings (SSSR count). The second kappa shape index (κ2) is 3.46. The molecule has 14 heavy (non-hydrogen) atoms. The normalized spacial score (nSPS) is 10.7. The Bertz CT molecular complexity index is 530. The smallest absolute Gasteiger partial charge is 0.253 e. The lowest BCUT2D eigenvalue weighted by atomic mass is 10.1. The van der Waals surface area contributed by atoms with Gasteiger partial charge in [0.25, 0.3) is 5.56 Å². The minimum absolute atomic E-state index is 0.0869. The summed E-state index contributed by atoms with van der Waals surface area (Å²) in [6.45, 7) is 1.92. The van der Waals surface area contributed by atoms with E-state index in [1.165, 1.54) is 0 Å². The topological polar surface area (TPSA) is 32.9 Å². The first-order chi connectivity index (χ1) is 6.74. The predicted molar refractivity (Wildman–Crippen MR) is 59.0 cm³/mol. The third-order valence-corrected chi connectivity index (χ3v) is 2.74. The summed E-state index contributed by atoms with van der Waals surface area (Å²) in [7, 11) is 0. The Labute approximate surface area is 86.5 Å². The summed E-state index contributed by atoms with van der Waals surface area (Å²) in [5.41, 5.74) is 1.36. The van der Waals surface area contributed by atoms with Crippen LogP contribution in [0.5, 0.6) is 0 Å². The number of fused-ring (bicyclic) bond motifs is 1. The van der Waals surface area contributed by atoms with Gasteiger partial charge in [-0.2, -0.15) is 0 Å². The van der Waals surface area contributed by atoms with Crippen molar-refractivity contribution in [3.63, 3.8) is 0 Å². The fourth-order valence-electron chi connectivity index (χ4n) is 1.56. The van der Waals surface area contributed by atoms with Crippen molar-refractivity contribution >= 4 is 22.5 Å². The largest absolute Gasteiger partial charge is 0.322 e. The van der Waals surface area contributed by atoms with Gasteiger partial charge in [0, 0.05) is 16.5 Å². The van der Waals surface area contributed by atoms with Gasteiger partial charge in [0.15, 0.2) is 0 Å². The zero-order chi connectivity index (χ0) is 10.1. The zero-order valence-electron chi connectivity index (χ0n) is 7.80. The SMILES string of the molecule is CCc1c(Cl)c2ccccc2[nH]c1=O. The number of H-pyrrole nitrogens is 1. The summed E-state index contributed by atoms with van der Waals surface area (Å²) in [5.74, 6) is 0. The van der Waals surface area contributed by atoms with Gasteiger partial charge in [-0.3, -0.25) is 4.79 Å². The van der Waals surface area contributed by atoms with E-state index in [0.717, 1.165) is 10.9 Å². The lowest BCUT2D eigenvalue weighted by molar-refractivity contribution is 1.08. The molecule has 0 radical (unpaired) electrons. The Hall–Kier alpha value is -1.28. The molecule has 1 heterocycles. The predicted octanol–water partition coefficient (Wildman–Crippen LogP) is 2.74. The van der Waals surface area contributed by atoms with Gasteiger partial charge in [-0.25, -0.2) is 0 Å². The first-order valence-electron chi connectivity index (χ1n) is 4.53. The second-order valence-corrected chi connectivity index (χ2v) is 3.52. The molecule has 72 valence electrons. The first-order valence-corrected chi connectivity index (χ1v) is 4.91. The number of rotatable bonds is 1. The average Bonchev–Trinajstić information content (AvgIpc) is 2.18. The van der Waals surface area contributed by atoms with E-state index in [9.17, 15) is 4.79 Å². The minimum Gasteiger partial charge on any atom is -0.322 e. The summed E-state index contributed by atoms with van der Waals surface area (Å²) < 4.78 is 0. The highest BCUT2D eigenvalue weighted by Gasteiger charge is 2.07. The van der Waals surface area contributed by atoms with Gasteiger partial charge in [0.1, 0.15) is 0 Å². The lowest BCUT2D eigenvalue weighted by Gasteiger charge is -2.04. The summed E-state index contributed by atoms with van der Waals surface area (Å²) in [5, 5.41) is 1.48. The number of para-hydroxylation sites is 1. The van der Waals surface area contributed by atoms with Crippen molar-refractivity contribution in [2.24, 2.45) is 0 Å². The third-order valence-electron chi connectivity index (χ3n) is 2.30. The maximum absolute atomic E-state index is 11.5. The number of hydrogen-bond donors (Lipinski definition) is 1. The molecule has 0 bridgehead atoms. The van der Waals surface area contributed by atoms with Crippen LogP contribution in [-0.2, 0) is 6.42 Å². The average molecular weight is 208 g/mol. The van der Waals surface area contributed by atoms with Crippen molar-refractivity contribution in [1.29, 1.82) is 0 Å². The molecular formula is C11H10ClNO. The van der Waals surface area contributed by atoms with Gasteiger partial charge < -0.3 is 4.98 Å². The highest BCUT2D eigenvalue weighted by Crippen LogP contribution is 2.23. The van der Waals surface area contributed by atoms with Crippen molar-refractivity contribution < 1.29 is 0 Å². The van der Waals surface area contributed by atoms with Crippen LogP contribution in [0.25, 0.3) is 10.9 Å². The van der Waals surface area contributed by atoms with Gasteiger partial charge in [0.05, 0.1) is 5.02 Å². The molecule has 1 N–H and O–H groups in total. The van der Waals surface area contributed by atoms with Crippen LogP contribution in [0, 0.1) is 0 Å². The van der Waals surface area contributed by atoms with Crippen LogP contribution in [0.4, 0.5) is 0 Å². The maximum atomic E-state index is 11.5. The van der Waals surface area contributed by atoms with E-state index in [1.807, 2.05) is 31.2 Å². The Morgan fingerprint density at radius 3 is 2.79 bits per heavy atom. The molecule has 2 aromatic rings. The van der Waals surface area contributed by atoms with E-state index in [-0.39, 0.29) is 5.56 Å². The van der Waals surface area contributed by atoms with Gasteiger partial charge >= 0.3 is 0 Å². The van der Waals surface area contributed by atoms with Gasteiger partial charge in [-0.15, -0.1) is 0 Å². The molecule has 0 saturated heterocycles. The zero-order valence-corrected chi connectivity index (χ0v) is 8.56. The number of halogens is 1. The first kappa shape index (κ1) is 9.28. The molecule has 0 aliphatic heterocycles. The molecule has 0 aliphatic carbocycles. The fraction of sp³-hybridized carbons (Fsp3) is 0.182. The van der Waals surface area contributed by atoms with Gasteiger partial charge in [-0.1, -0.05) is 36.7 Å². The number of benzene rings is 1. The molecule has 1 aromatic heterocycles. The molecule has 0 atom stereocenters. The molecular weight excluding hydrogens is 198 g/mol. The van der Waals surface area contributed by atoms with E-state index in [1.54, 1.807) is 0 Å². The highest BCUT2D eigenvalue weighted by atomic mass is 35.5. The summed E-state index contributed by atoms with van der Waals surface area (Å²) >= 11 is 6.13. The van der Waals surface area contributed by atoms with Crippen LogP contribution in [-0.4, -0.2) is 4.98 Å². The molecule has 0 spiro atoms. The van der Waals surface area contributed by atoms with Crippen molar-refractivity contribution in [2.45, 2.75) is 13.3 Å². The van der Waals surface area contributed by atoms with Crippen molar-refractivity contribution in [1.82, 2.24) is 4.98 Å². The fourth-order valence-corrected chi connectivity index (χ4v) is 1.94. The Morgan fingerprint density at radius 2 is 2.07 bits per heavy atom. The van der Waals surface area contributed by atoms with Crippen LogP contribution >= 0.6 is 11.6 Å². The molecule has 1 aromatic carbocycles. The Balaban J connectivity index is 2.93. The molecule has 2 nitrogen and oxygen atoms in total. The van der Waals surface area contributed by atoms with Crippen LogP contribution in [0.3, 0.4) is 0 Å². The quantitative estimate of drug-likeness (QED) is 0.767. The van der Waals surface area contributed by atoms with E-state index >= 15 is 0 Å². The second-order valence-electron chi connectivity index (χ2n) is 3.15. The monoisotopic (exact) mass is 207 g/mol. The number of nitrogens with one attached hydrogen (secondary N) is 1. The Kier molecular flexibility index (Phi) is 2.30. The molecule has 0 saturated carbocycles. The number of hydrogen-bond acceptors (Lipinski definition) is 1. The van der Waals surface area contributed by atoms with Crippen LogP contribution in [0.15, 0.2) is 29.1 Å². The van der Waals surface area contributed by atoms with Crippen molar-refractivity contribution in [3.8, 4) is 0 Å². The number of aromatic nitrogens is 1. The third kappa shape index (κ3) is 1.32. The molecule has 0 amide bonds. The van der Waals surface area contributed by atoms with Gasteiger partial charge in [0.2, 0.25) is 0 Å². The van der Waals surface area contributed by atoms with E-state index in [4.69, 9.17) is 11.6 Å². The highest BCUT2D eigenvalue weighted by molar-refractivity contribution is 6.36. The van der Waals surface area contributed by atoms with Crippen LogP contribution in [0.1, 0.15) is 12.5 Å². The lowest BCUT2D eigenvalue weighted by Crippen LogP contribution is -2.12. The van der Waals surface area contributed by atoms with E-state index < -0.39 is 0 Å². The minimum atomic E-state index is -0.0869. The number of aromatic amines is 1. The van der Waals surface area contributed by atoms with Crippen molar-refractivity contribution in [2.75, 3.05) is 0 Å². The molecule has 3 heteroatoms. The maximum Gasteiger partial charge on any atom is 0.253 e. The van der Waals surface area contributed by atoms with E-state index in [2.05, 4.69) is 4.98 Å². The molecule has 0 unspecified atom stereocenters. The summed E-state index contributed by atoms with van der Waals surface area (Å²) in [6.07, 6.45) is 0.652. The summed E-state index contributed by atoms with van der Waals surface area (Å²) in [6, 6.07) is 7.54. The van der Waals surface area contributed by atoms with Gasteiger partial charge in [-0.05, 0) is 12.5 Å². The van der Waals surface area contributed by atoms with E-state index in [0.29, 0.717) is 17.0 Å². The Morgan fingerprint density at radius 1 is 1.36 bits per heavy atom. The standard InChI is InChI=1S/C11H10ClNO/c1-2-7-10(12)8-5-3-4-6-9(8)13-11(7)14/h3-6H,2H2,1H3,(H,13,14). The van der Waals surface area contributed by atoms with Crippen LogP contribution < -0.4 is 5.56 Å². The number of pyridine rings is 1. The molecule has 0 fully saturated rings.